The SMILES string of the molecule is CCCCc1ccc(C(C)NCC(=O)NC)cc1. The standard InChI is InChI=1S/C15H24N2O/c1-4-5-6-13-7-9-14(10-8-13)12(2)17-11-15(18)16-3/h7-10,12,17H,4-6,11H2,1-3H3,(H,16,18). The van der Waals surface area contributed by atoms with Crippen molar-refractivity contribution < 1.29 is 4.79 Å². The lowest BCUT2D eigenvalue weighted by Gasteiger charge is -2.14. The van der Waals surface area contributed by atoms with Crippen LogP contribution in [0.4, 0.5) is 0 Å². The van der Waals surface area contributed by atoms with E-state index in [9.17, 15) is 4.79 Å². The van der Waals surface area contributed by atoms with E-state index in [1.165, 1.54) is 24.0 Å². The molecule has 1 aromatic carbocycles. The number of rotatable bonds is 7. The minimum atomic E-state index is 0.0152. The third-order valence-electron chi connectivity index (χ3n) is 3.15. The van der Waals surface area contributed by atoms with Crippen LogP contribution in [0.5, 0.6) is 0 Å². The maximum Gasteiger partial charge on any atom is 0.233 e. The van der Waals surface area contributed by atoms with Crippen LogP contribution in [-0.4, -0.2) is 19.5 Å². The van der Waals surface area contributed by atoms with E-state index in [2.05, 4.69) is 48.7 Å². The lowest BCUT2D eigenvalue weighted by molar-refractivity contribution is -0.119. The molecule has 0 fully saturated rings. The summed E-state index contributed by atoms with van der Waals surface area (Å²) in [5.74, 6) is 0.0152. The average molecular weight is 248 g/mol. The molecule has 0 spiro atoms. The van der Waals surface area contributed by atoms with Crippen LogP contribution in [0.25, 0.3) is 0 Å². The molecule has 3 heteroatoms. The Morgan fingerprint density at radius 2 is 1.94 bits per heavy atom. The van der Waals surface area contributed by atoms with E-state index in [0.717, 1.165) is 6.42 Å². The Bertz CT molecular complexity index is 359. The smallest absolute Gasteiger partial charge is 0.233 e. The van der Waals surface area contributed by atoms with Gasteiger partial charge in [-0.2, -0.15) is 0 Å². The monoisotopic (exact) mass is 248 g/mol. The van der Waals surface area contributed by atoms with Gasteiger partial charge in [-0.1, -0.05) is 37.6 Å². The maximum absolute atomic E-state index is 11.1. The van der Waals surface area contributed by atoms with Gasteiger partial charge >= 0.3 is 0 Å². The number of benzene rings is 1. The minimum Gasteiger partial charge on any atom is -0.358 e. The van der Waals surface area contributed by atoms with Gasteiger partial charge < -0.3 is 10.6 Å². The van der Waals surface area contributed by atoms with Crippen molar-refractivity contribution in [3.8, 4) is 0 Å². The zero-order chi connectivity index (χ0) is 13.4. The number of nitrogens with one attached hydrogen (secondary N) is 2. The molecule has 0 radical (unpaired) electrons. The molecular formula is C15H24N2O. The minimum absolute atomic E-state index is 0.0152. The van der Waals surface area contributed by atoms with Gasteiger partial charge in [0, 0.05) is 13.1 Å². The first-order valence-electron chi connectivity index (χ1n) is 6.70. The number of unbranched alkanes of at least 4 members (excludes halogenated alkanes) is 1. The van der Waals surface area contributed by atoms with Gasteiger partial charge in [0.25, 0.3) is 0 Å². The molecule has 1 amide bonds. The molecule has 0 aliphatic heterocycles. The van der Waals surface area contributed by atoms with Crippen LogP contribution in [0, 0.1) is 0 Å². The van der Waals surface area contributed by atoms with Crippen LogP contribution in [0.3, 0.4) is 0 Å². The number of aryl methyl sites for hydroxylation is 1. The number of hydrogen-bond acceptors (Lipinski definition) is 2. The Hall–Kier alpha value is -1.35. The van der Waals surface area contributed by atoms with Crippen LogP contribution in [0.15, 0.2) is 24.3 Å². The summed E-state index contributed by atoms with van der Waals surface area (Å²) >= 11 is 0. The van der Waals surface area contributed by atoms with Crippen LogP contribution < -0.4 is 10.6 Å². The van der Waals surface area contributed by atoms with Gasteiger partial charge in [-0.3, -0.25) is 4.79 Å². The molecule has 0 aliphatic rings. The van der Waals surface area contributed by atoms with Crippen LogP contribution >= 0.6 is 0 Å². The van der Waals surface area contributed by atoms with E-state index >= 15 is 0 Å². The molecular weight excluding hydrogens is 224 g/mol. The van der Waals surface area contributed by atoms with E-state index in [4.69, 9.17) is 0 Å². The van der Waals surface area contributed by atoms with E-state index in [-0.39, 0.29) is 11.9 Å². The summed E-state index contributed by atoms with van der Waals surface area (Å²) in [4.78, 5) is 11.1. The first-order valence-corrected chi connectivity index (χ1v) is 6.70. The molecule has 0 saturated carbocycles. The van der Waals surface area contributed by atoms with Crippen molar-refractivity contribution in [1.29, 1.82) is 0 Å². The first-order chi connectivity index (χ1) is 8.67. The molecule has 100 valence electrons. The molecule has 18 heavy (non-hydrogen) atoms. The molecule has 2 N–H and O–H groups in total. The molecule has 1 rings (SSSR count). The Kier molecular flexibility index (Phi) is 6.44. The third-order valence-corrected chi connectivity index (χ3v) is 3.15. The number of hydrogen-bond donors (Lipinski definition) is 2. The summed E-state index contributed by atoms with van der Waals surface area (Å²) in [7, 11) is 1.65. The normalized spacial score (nSPS) is 12.2. The number of amides is 1. The van der Waals surface area contributed by atoms with E-state index < -0.39 is 0 Å². The van der Waals surface area contributed by atoms with Gasteiger partial charge in [0.05, 0.1) is 6.54 Å². The van der Waals surface area contributed by atoms with E-state index in [0.29, 0.717) is 6.54 Å². The zero-order valence-electron chi connectivity index (χ0n) is 11.6. The fourth-order valence-electron chi connectivity index (χ4n) is 1.81. The Balaban J connectivity index is 2.48. The Labute approximate surface area is 110 Å². The zero-order valence-corrected chi connectivity index (χ0v) is 11.6. The van der Waals surface area contributed by atoms with E-state index in [1.807, 2.05) is 0 Å². The van der Waals surface area contributed by atoms with Crippen molar-refractivity contribution in [3.63, 3.8) is 0 Å². The molecule has 0 bridgehead atoms. The predicted molar refractivity (Wildman–Crippen MR) is 75.5 cm³/mol. The highest BCUT2D eigenvalue weighted by atomic mass is 16.1. The quantitative estimate of drug-likeness (QED) is 0.778. The van der Waals surface area contributed by atoms with Crippen LogP contribution in [-0.2, 0) is 11.2 Å². The predicted octanol–water partition coefficient (Wildman–Crippen LogP) is 2.43. The van der Waals surface area contributed by atoms with Crippen LogP contribution in [0.1, 0.15) is 43.9 Å². The molecule has 1 unspecified atom stereocenters. The van der Waals surface area contributed by atoms with Gasteiger partial charge in [-0.15, -0.1) is 0 Å². The second-order valence-corrected chi connectivity index (χ2v) is 4.62. The Morgan fingerprint density at radius 3 is 2.50 bits per heavy atom. The fourth-order valence-corrected chi connectivity index (χ4v) is 1.81. The van der Waals surface area contributed by atoms with Crippen molar-refractivity contribution in [3.05, 3.63) is 35.4 Å². The van der Waals surface area contributed by atoms with Gasteiger partial charge in [-0.25, -0.2) is 0 Å². The number of carbonyl (C=O) groups is 1. The highest BCUT2D eigenvalue weighted by molar-refractivity contribution is 5.77. The molecule has 0 aliphatic carbocycles. The summed E-state index contributed by atoms with van der Waals surface area (Å²) < 4.78 is 0. The van der Waals surface area contributed by atoms with Gasteiger partial charge in [0.15, 0.2) is 0 Å². The average Bonchev–Trinajstić information content (AvgIpc) is 2.42. The largest absolute Gasteiger partial charge is 0.358 e. The van der Waals surface area contributed by atoms with Gasteiger partial charge in [-0.05, 0) is 30.9 Å². The van der Waals surface area contributed by atoms with E-state index in [1.54, 1.807) is 7.05 Å². The van der Waals surface area contributed by atoms with Crippen molar-refractivity contribution in [1.82, 2.24) is 10.6 Å². The summed E-state index contributed by atoms with van der Waals surface area (Å²) in [5.41, 5.74) is 2.61. The second-order valence-electron chi connectivity index (χ2n) is 4.62. The summed E-state index contributed by atoms with van der Waals surface area (Å²) in [6, 6.07) is 8.85. The summed E-state index contributed by atoms with van der Waals surface area (Å²) in [6.45, 7) is 4.64. The summed E-state index contributed by atoms with van der Waals surface area (Å²) in [6.07, 6.45) is 3.62. The highest BCUT2D eigenvalue weighted by Crippen LogP contribution is 2.14. The number of likely N-dealkylation sites (N-methyl/N-ethyl adjacent to an activating group) is 1. The second kappa shape index (κ2) is 7.88. The number of carbonyl (C=O) groups excluding carboxylic acids is 1. The third kappa shape index (κ3) is 4.88. The van der Waals surface area contributed by atoms with Gasteiger partial charge in [0.2, 0.25) is 5.91 Å². The molecule has 0 aromatic heterocycles. The molecule has 1 atom stereocenters. The molecule has 1 aromatic rings. The molecule has 3 nitrogen and oxygen atoms in total. The summed E-state index contributed by atoms with van der Waals surface area (Å²) in [5, 5.41) is 5.80. The lowest BCUT2D eigenvalue weighted by atomic mass is 10.0. The maximum atomic E-state index is 11.1. The molecule has 0 saturated heterocycles. The van der Waals surface area contributed by atoms with Crippen molar-refractivity contribution in [2.45, 2.75) is 39.2 Å². The van der Waals surface area contributed by atoms with Crippen molar-refractivity contribution >= 4 is 5.91 Å². The van der Waals surface area contributed by atoms with Crippen LogP contribution in [0.2, 0.25) is 0 Å². The Morgan fingerprint density at radius 1 is 1.28 bits per heavy atom. The van der Waals surface area contributed by atoms with Crippen molar-refractivity contribution in [2.24, 2.45) is 0 Å². The van der Waals surface area contributed by atoms with Gasteiger partial charge in [0.1, 0.15) is 0 Å². The lowest BCUT2D eigenvalue weighted by Crippen LogP contribution is -2.32. The fraction of sp³-hybridized carbons (Fsp3) is 0.533. The highest BCUT2D eigenvalue weighted by Gasteiger charge is 2.06. The first kappa shape index (κ1) is 14.7. The van der Waals surface area contributed by atoms with Crippen molar-refractivity contribution in [2.75, 3.05) is 13.6 Å². The topological polar surface area (TPSA) is 41.1 Å². The molecule has 0 heterocycles.